The average Bonchev–Trinajstić information content (AvgIpc) is 2.81. The Labute approximate surface area is 158 Å². The monoisotopic (exact) mass is 361 g/mol. The van der Waals surface area contributed by atoms with Crippen molar-refractivity contribution in [1.82, 2.24) is 0 Å². The molecule has 0 bridgehead atoms. The van der Waals surface area contributed by atoms with Crippen LogP contribution < -0.4 is 10.6 Å². The second kappa shape index (κ2) is 5.95. The summed E-state index contributed by atoms with van der Waals surface area (Å²) in [5, 5.41) is 6.69. The van der Waals surface area contributed by atoms with Gasteiger partial charge in [-0.05, 0) is 54.7 Å². The van der Waals surface area contributed by atoms with Gasteiger partial charge in [-0.15, -0.1) is 0 Å². The SMILES string of the molecule is C[Si](C)c1cc2ccccc2c2cccc(B3OC(C)(C)C(C)(C)O3)c12. The van der Waals surface area contributed by atoms with E-state index < -0.39 is 8.80 Å². The number of fused-ring (bicyclic) bond motifs is 3. The number of hydrogen-bond donors (Lipinski definition) is 0. The van der Waals surface area contributed by atoms with Gasteiger partial charge in [-0.1, -0.05) is 66.8 Å². The Bertz CT molecular complexity index is 978. The van der Waals surface area contributed by atoms with Crippen LogP contribution >= 0.6 is 0 Å². The first kappa shape index (κ1) is 17.8. The van der Waals surface area contributed by atoms with Crippen molar-refractivity contribution in [2.45, 2.75) is 52.0 Å². The molecule has 1 aliphatic heterocycles. The minimum Gasteiger partial charge on any atom is -0.399 e. The summed E-state index contributed by atoms with van der Waals surface area (Å²) >= 11 is 0. The Kier molecular flexibility index (Phi) is 4.07. The van der Waals surface area contributed by atoms with E-state index in [0.29, 0.717) is 0 Å². The molecule has 26 heavy (non-hydrogen) atoms. The fourth-order valence-electron chi connectivity index (χ4n) is 3.75. The van der Waals surface area contributed by atoms with E-state index in [4.69, 9.17) is 9.31 Å². The van der Waals surface area contributed by atoms with Crippen molar-refractivity contribution in [2.24, 2.45) is 0 Å². The van der Waals surface area contributed by atoms with Crippen LogP contribution in [0.5, 0.6) is 0 Å². The van der Waals surface area contributed by atoms with E-state index in [0.717, 1.165) is 5.46 Å². The van der Waals surface area contributed by atoms with Gasteiger partial charge in [-0.25, -0.2) is 0 Å². The van der Waals surface area contributed by atoms with Crippen molar-refractivity contribution in [1.29, 1.82) is 0 Å². The lowest BCUT2D eigenvalue weighted by Gasteiger charge is -2.32. The molecule has 3 aromatic carbocycles. The van der Waals surface area contributed by atoms with E-state index in [-0.39, 0.29) is 18.3 Å². The van der Waals surface area contributed by atoms with Crippen LogP contribution in [0.4, 0.5) is 0 Å². The zero-order chi connectivity index (χ0) is 18.7. The average molecular weight is 361 g/mol. The number of rotatable bonds is 2. The molecule has 4 heteroatoms. The van der Waals surface area contributed by atoms with E-state index in [1.807, 2.05) is 0 Å². The third-order valence-corrected chi connectivity index (χ3v) is 7.43. The highest BCUT2D eigenvalue weighted by atomic mass is 28.3. The van der Waals surface area contributed by atoms with Crippen molar-refractivity contribution in [3.05, 3.63) is 48.5 Å². The molecular formula is C22H26BO2Si. The fraction of sp³-hybridized carbons (Fsp3) is 0.364. The smallest absolute Gasteiger partial charge is 0.399 e. The van der Waals surface area contributed by atoms with Crippen molar-refractivity contribution in [2.75, 3.05) is 0 Å². The predicted molar refractivity (Wildman–Crippen MR) is 114 cm³/mol. The van der Waals surface area contributed by atoms with E-state index >= 15 is 0 Å². The molecular weight excluding hydrogens is 335 g/mol. The van der Waals surface area contributed by atoms with E-state index in [2.05, 4.69) is 89.3 Å². The molecule has 133 valence electrons. The first-order valence-corrected chi connectivity index (χ1v) is 11.8. The van der Waals surface area contributed by atoms with Crippen LogP contribution in [0.25, 0.3) is 21.5 Å². The molecule has 0 spiro atoms. The van der Waals surface area contributed by atoms with Gasteiger partial charge in [0.25, 0.3) is 0 Å². The van der Waals surface area contributed by atoms with Gasteiger partial charge in [-0.2, -0.15) is 0 Å². The van der Waals surface area contributed by atoms with Crippen molar-refractivity contribution in [3.63, 3.8) is 0 Å². The summed E-state index contributed by atoms with van der Waals surface area (Å²) in [7, 11) is -0.975. The van der Waals surface area contributed by atoms with Gasteiger partial charge < -0.3 is 9.31 Å². The van der Waals surface area contributed by atoms with Crippen LogP contribution in [0.2, 0.25) is 13.1 Å². The molecule has 1 radical (unpaired) electrons. The highest BCUT2D eigenvalue weighted by Gasteiger charge is 2.52. The highest BCUT2D eigenvalue weighted by molar-refractivity contribution is 6.76. The summed E-state index contributed by atoms with van der Waals surface area (Å²) in [5.74, 6) is 0. The van der Waals surface area contributed by atoms with Crippen molar-refractivity contribution >= 4 is 48.1 Å². The first-order valence-electron chi connectivity index (χ1n) is 9.32. The molecule has 4 rings (SSSR count). The minimum absolute atomic E-state index is 0.329. The summed E-state index contributed by atoms with van der Waals surface area (Å²) in [6, 6.07) is 17.6. The minimum atomic E-state index is -0.646. The molecule has 0 atom stereocenters. The third-order valence-electron chi connectivity index (χ3n) is 5.96. The van der Waals surface area contributed by atoms with Crippen LogP contribution in [-0.4, -0.2) is 27.1 Å². The molecule has 1 saturated heterocycles. The molecule has 0 unspecified atom stereocenters. The van der Waals surface area contributed by atoms with Gasteiger partial charge >= 0.3 is 7.12 Å². The van der Waals surface area contributed by atoms with Crippen molar-refractivity contribution in [3.8, 4) is 0 Å². The molecule has 0 aromatic heterocycles. The Morgan fingerprint density at radius 1 is 0.808 bits per heavy atom. The third kappa shape index (κ3) is 2.63. The van der Waals surface area contributed by atoms with E-state index in [1.165, 1.54) is 26.7 Å². The van der Waals surface area contributed by atoms with Crippen LogP contribution in [-0.2, 0) is 9.31 Å². The summed E-state index contributed by atoms with van der Waals surface area (Å²) in [4.78, 5) is 0. The summed E-state index contributed by atoms with van der Waals surface area (Å²) in [6.45, 7) is 13.2. The molecule has 1 heterocycles. The zero-order valence-corrected chi connectivity index (χ0v) is 17.5. The van der Waals surface area contributed by atoms with Gasteiger partial charge in [0.15, 0.2) is 0 Å². The first-order chi connectivity index (χ1) is 12.2. The van der Waals surface area contributed by atoms with Crippen LogP contribution in [0.15, 0.2) is 48.5 Å². The normalized spacial score (nSPS) is 19.0. The maximum atomic E-state index is 6.39. The zero-order valence-electron chi connectivity index (χ0n) is 16.5. The van der Waals surface area contributed by atoms with E-state index in [9.17, 15) is 0 Å². The molecule has 2 nitrogen and oxygen atoms in total. The van der Waals surface area contributed by atoms with Gasteiger partial charge in [0.1, 0.15) is 0 Å². The van der Waals surface area contributed by atoms with Gasteiger partial charge in [0.2, 0.25) is 0 Å². The topological polar surface area (TPSA) is 18.5 Å². The predicted octanol–water partition coefficient (Wildman–Crippen LogP) is 4.25. The summed E-state index contributed by atoms with van der Waals surface area (Å²) < 4.78 is 12.8. The molecule has 3 aromatic rings. The molecule has 0 amide bonds. The molecule has 0 aliphatic carbocycles. The standard InChI is InChI=1S/C22H26BO2Si/c1-21(2)22(3,4)25-23(24-21)18-13-9-12-17-16-11-8-7-10-15(16)14-19(20(17)18)26(5)6/h7-14H,1-6H3. The van der Waals surface area contributed by atoms with Gasteiger partial charge in [0.05, 0.1) is 20.0 Å². The Balaban J connectivity index is 2.01. The molecule has 0 saturated carbocycles. The van der Waals surface area contributed by atoms with Gasteiger partial charge in [-0.3, -0.25) is 0 Å². The quantitative estimate of drug-likeness (QED) is 0.502. The Morgan fingerprint density at radius 3 is 2.08 bits per heavy atom. The lowest BCUT2D eigenvalue weighted by molar-refractivity contribution is 0.00578. The Hall–Kier alpha value is -1.62. The lowest BCUT2D eigenvalue weighted by atomic mass is 9.75. The fourth-order valence-corrected chi connectivity index (χ4v) is 4.98. The summed E-state index contributed by atoms with van der Waals surface area (Å²) in [6.07, 6.45) is 0. The maximum absolute atomic E-state index is 6.39. The Morgan fingerprint density at radius 2 is 1.42 bits per heavy atom. The van der Waals surface area contributed by atoms with Gasteiger partial charge in [0, 0.05) is 0 Å². The van der Waals surface area contributed by atoms with E-state index in [1.54, 1.807) is 0 Å². The number of benzene rings is 3. The molecule has 1 aliphatic rings. The molecule has 1 fully saturated rings. The van der Waals surface area contributed by atoms with Crippen LogP contribution in [0, 0.1) is 0 Å². The largest absolute Gasteiger partial charge is 0.495 e. The van der Waals surface area contributed by atoms with Crippen molar-refractivity contribution < 1.29 is 9.31 Å². The molecule has 0 N–H and O–H groups in total. The second-order valence-corrected chi connectivity index (χ2v) is 11.0. The van der Waals surface area contributed by atoms with Crippen LogP contribution in [0.3, 0.4) is 0 Å². The maximum Gasteiger partial charge on any atom is 0.495 e. The lowest BCUT2D eigenvalue weighted by Crippen LogP contribution is -2.41. The summed E-state index contributed by atoms with van der Waals surface area (Å²) in [5.41, 5.74) is 0.500. The highest BCUT2D eigenvalue weighted by Crippen LogP contribution is 2.37. The second-order valence-electron chi connectivity index (χ2n) is 8.50. The number of hydrogen-bond acceptors (Lipinski definition) is 2. The van der Waals surface area contributed by atoms with Crippen LogP contribution in [0.1, 0.15) is 27.7 Å².